The maximum atomic E-state index is 5.72. The van der Waals surface area contributed by atoms with Crippen LogP contribution in [0.4, 0.5) is 0 Å². The molecule has 0 amide bonds. The van der Waals surface area contributed by atoms with Crippen LogP contribution >= 0.6 is 11.6 Å². The zero-order chi connectivity index (χ0) is 8.97. The molecule has 0 spiro atoms. The molecule has 0 fully saturated rings. The molecule has 66 valence electrons. The largest absolute Gasteiger partial charge is 0.310 e. The van der Waals surface area contributed by atoms with Gasteiger partial charge in [-0.3, -0.25) is 0 Å². The predicted molar refractivity (Wildman–Crippen MR) is 51.2 cm³/mol. The molecule has 1 N–H and O–H groups in total. The lowest BCUT2D eigenvalue weighted by Crippen LogP contribution is -2.21. The molecular weight excluding hydrogens is 172 g/mol. The van der Waals surface area contributed by atoms with E-state index in [-0.39, 0.29) is 0 Å². The number of hydrogen-bond donors (Lipinski definition) is 1. The first-order valence-electron chi connectivity index (χ1n) is 4.02. The molecule has 0 radical (unpaired) electrons. The van der Waals surface area contributed by atoms with Crippen LogP contribution in [0.15, 0.2) is 18.3 Å². The molecule has 1 aromatic heterocycles. The van der Waals surface area contributed by atoms with Gasteiger partial charge in [-0.25, -0.2) is 4.98 Å². The van der Waals surface area contributed by atoms with Crippen molar-refractivity contribution < 1.29 is 0 Å². The molecule has 0 aliphatic carbocycles. The minimum Gasteiger partial charge on any atom is -0.310 e. The molecule has 1 heterocycles. The molecule has 0 unspecified atom stereocenters. The third-order valence-electron chi connectivity index (χ3n) is 1.51. The minimum absolute atomic E-state index is 0.497. The molecule has 2 nitrogen and oxygen atoms in total. The zero-order valence-electron chi connectivity index (χ0n) is 7.34. The van der Waals surface area contributed by atoms with Gasteiger partial charge >= 0.3 is 0 Å². The second kappa shape index (κ2) is 4.43. The van der Waals surface area contributed by atoms with Crippen molar-refractivity contribution in [3.05, 3.63) is 29.0 Å². The van der Waals surface area contributed by atoms with Gasteiger partial charge in [0, 0.05) is 18.8 Å². The van der Waals surface area contributed by atoms with E-state index >= 15 is 0 Å². The Kier molecular flexibility index (Phi) is 3.50. The van der Waals surface area contributed by atoms with Gasteiger partial charge < -0.3 is 5.32 Å². The molecule has 3 heteroatoms. The highest BCUT2D eigenvalue weighted by molar-refractivity contribution is 6.29. The van der Waals surface area contributed by atoms with Gasteiger partial charge in [-0.05, 0) is 17.7 Å². The highest BCUT2D eigenvalue weighted by atomic mass is 35.5. The lowest BCUT2D eigenvalue weighted by atomic mass is 10.2. The van der Waals surface area contributed by atoms with E-state index in [0.29, 0.717) is 11.2 Å². The molecule has 1 aromatic rings. The Hall–Kier alpha value is -0.600. The third-order valence-corrected chi connectivity index (χ3v) is 1.71. The van der Waals surface area contributed by atoms with Crippen LogP contribution in [0, 0.1) is 0 Å². The predicted octanol–water partition coefficient (Wildman–Crippen LogP) is 2.23. The summed E-state index contributed by atoms with van der Waals surface area (Å²) in [7, 11) is 0. The minimum atomic E-state index is 0.497. The monoisotopic (exact) mass is 184 g/mol. The Morgan fingerprint density at radius 2 is 2.33 bits per heavy atom. The number of aromatic nitrogens is 1. The molecule has 0 bridgehead atoms. The summed E-state index contributed by atoms with van der Waals surface area (Å²) >= 11 is 5.72. The normalized spacial score (nSPS) is 10.7. The van der Waals surface area contributed by atoms with Gasteiger partial charge in [0.05, 0.1) is 0 Å². The summed E-state index contributed by atoms with van der Waals surface area (Å²) in [6.45, 7) is 5.07. The number of nitrogens with zero attached hydrogens (tertiary/aromatic N) is 1. The fourth-order valence-electron chi connectivity index (χ4n) is 0.875. The van der Waals surface area contributed by atoms with E-state index in [4.69, 9.17) is 11.6 Å². The third kappa shape index (κ3) is 3.20. The second-order valence-electron chi connectivity index (χ2n) is 3.02. The van der Waals surface area contributed by atoms with Crippen molar-refractivity contribution in [2.75, 3.05) is 0 Å². The molecular formula is C9H13ClN2. The number of pyridine rings is 1. The van der Waals surface area contributed by atoms with Gasteiger partial charge in [0.2, 0.25) is 0 Å². The van der Waals surface area contributed by atoms with E-state index in [1.54, 1.807) is 6.20 Å². The highest BCUT2D eigenvalue weighted by Gasteiger charge is 1.95. The van der Waals surface area contributed by atoms with Crippen LogP contribution in [0.1, 0.15) is 19.4 Å². The summed E-state index contributed by atoms with van der Waals surface area (Å²) in [4.78, 5) is 3.90. The summed E-state index contributed by atoms with van der Waals surface area (Å²) in [6, 6.07) is 4.33. The summed E-state index contributed by atoms with van der Waals surface area (Å²) in [5.41, 5.74) is 1.17. The summed E-state index contributed by atoms with van der Waals surface area (Å²) < 4.78 is 0. The number of halogens is 1. The van der Waals surface area contributed by atoms with Crippen LogP contribution in [-0.4, -0.2) is 11.0 Å². The molecule has 1 rings (SSSR count). The molecule has 0 atom stereocenters. The summed E-state index contributed by atoms with van der Waals surface area (Å²) in [5.74, 6) is 0. The topological polar surface area (TPSA) is 24.9 Å². The first-order valence-corrected chi connectivity index (χ1v) is 4.40. The maximum absolute atomic E-state index is 5.72. The first-order chi connectivity index (χ1) is 5.68. The fourth-order valence-corrected chi connectivity index (χ4v) is 1.07. The molecule has 12 heavy (non-hydrogen) atoms. The standard InChI is InChI=1S/C9H13ClN2/c1-7(2)12-6-8-3-4-11-9(10)5-8/h3-5,7,12H,6H2,1-2H3. The Bertz CT molecular complexity index is 248. The average Bonchev–Trinajstić information content (AvgIpc) is 2.01. The van der Waals surface area contributed by atoms with Crippen LogP contribution in [0.3, 0.4) is 0 Å². The summed E-state index contributed by atoms with van der Waals surface area (Å²) in [5, 5.41) is 3.86. The van der Waals surface area contributed by atoms with Crippen LogP contribution in [0.2, 0.25) is 5.15 Å². The van der Waals surface area contributed by atoms with Gasteiger partial charge in [-0.15, -0.1) is 0 Å². The SMILES string of the molecule is CC(C)NCc1ccnc(Cl)c1. The van der Waals surface area contributed by atoms with E-state index in [0.717, 1.165) is 6.54 Å². The fraction of sp³-hybridized carbons (Fsp3) is 0.444. The van der Waals surface area contributed by atoms with E-state index in [1.165, 1.54) is 5.56 Å². The van der Waals surface area contributed by atoms with Crippen molar-refractivity contribution in [1.29, 1.82) is 0 Å². The van der Waals surface area contributed by atoms with Crippen LogP contribution in [-0.2, 0) is 6.54 Å². The van der Waals surface area contributed by atoms with Crippen molar-refractivity contribution in [1.82, 2.24) is 10.3 Å². The highest BCUT2D eigenvalue weighted by Crippen LogP contribution is 2.06. The molecule has 0 aromatic carbocycles. The van der Waals surface area contributed by atoms with E-state index in [9.17, 15) is 0 Å². The quantitative estimate of drug-likeness (QED) is 0.729. The van der Waals surface area contributed by atoms with Gasteiger partial charge in [0.15, 0.2) is 0 Å². The number of rotatable bonds is 3. The summed E-state index contributed by atoms with van der Waals surface area (Å²) in [6.07, 6.45) is 1.72. The van der Waals surface area contributed by atoms with Crippen molar-refractivity contribution in [2.45, 2.75) is 26.4 Å². The smallest absolute Gasteiger partial charge is 0.129 e. The lowest BCUT2D eigenvalue weighted by molar-refractivity contribution is 0.588. The van der Waals surface area contributed by atoms with Crippen LogP contribution in [0.25, 0.3) is 0 Å². The second-order valence-corrected chi connectivity index (χ2v) is 3.41. The lowest BCUT2D eigenvalue weighted by Gasteiger charge is -2.07. The van der Waals surface area contributed by atoms with E-state index in [2.05, 4.69) is 24.1 Å². The molecule has 0 aliphatic heterocycles. The number of hydrogen-bond acceptors (Lipinski definition) is 2. The van der Waals surface area contributed by atoms with Crippen LogP contribution < -0.4 is 5.32 Å². The van der Waals surface area contributed by atoms with E-state index < -0.39 is 0 Å². The van der Waals surface area contributed by atoms with Gasteiger partial charge in [-0.2, -0.15) is 0 Å². The van der Waals surface area contributed by atoms with Crippen LogP contribution in [0.5, 0.6) is 0 Å². The van der Waals surface area contributed by atoms with E-state index in [1.807, 2.05) is 12.1 Å². The Morgan fingerprint density at radius 1 is 1.58 bits per heavy atom. The zero-order valence-corrected chi connectivity index (χ0v) is 8.10. The molecule has 0 saturated carbocycles. The number of nitrogens with one attached hydrogen (secondary N) is 1. The van der Waals surface area contributed by atoms with Crippen molar-refractivity contribution >= 4 is 11.6 Å². The first kappa shape index (κ1) is 9.49. The Morgan fingerprint density at radius 3 is 2.92 bits per heavy atom. The van der Waals surface area contributed by atoms with Crippen molar-refractivity contribution in [3.63, 3.8) is 0 Å². The van der Waals surface area contributed by atoms with Gasteiger partial charge in [0.1, 0.15) is 5.15 Å². The Balaban J connectivity index is 2.52. The van der Waals surface area contributed by atoms with Crippen molar-refractivity contribution in [3.8, 4) is 0 Å². The molecule has 0 aliphatic rings. The maximum Gasteiger partial charge on any atom is 0.129 e. The van der Waals surface area contributed by atoms with Gasteiger partial charge in [-0.1, -0.05) is 25.4 Å². The van der Waals surface area contributed by atoms with Gasteiger partial charge in [0.25, 0.3) is 0 Å². The van der Waals surface area contributed by atoms with Crippen molar-refractivity contribution in [2.24, 2.45) is 0 Å². The average molecular weight is 185 g/mol. The Labute approximate surface area is 78.0 Å². The molecule has 0 saturated heterocycles.